The van der Waals surface area contributed by atoms with E-state index in [1.807, 2.05) is 30.3 Å². The molecule has 0 fully saturated rings. The van der Waals surface area contributed by atoms with Gasteiger partial charge in [-0.05, 0) is 12.0 Å². The lowest BCUT2D eigenvalue weighted by Gasteiger charge is -2.10. The molecule has 0 aliphatic rings. The van der Waals surface area contributed by atoms with Crippen LogP contribution in [0.15, 0.2) is 30.3 Å². The minimum atomic E-state index is -0.275. The molecule has 0 aliphatic heterocycles. The summed E-state index contributed by atoms with van der Waals surface area (Å²) in [6.07, 6.45) is 21.5. The molecule has 0 unspecified atom stereocenters. The summed E-state index contributed by atoms with van der Waals surface area (Å²) in [5.41, 5.74) is 1.06. The molecule has 1 rings (SSSR count). The van der Waals surface area contributed by atoms with Gasteiger partial charge in [-0.15, -0.1) is 0 Å². The van der Waals surface area contributed by atoms with E-state index in [0.717, 1.165) is 18.4 Å². The number of benzene rings is 1. The molecular weight excluding hydrogens is 304 g/mol. The Kier molecular flexibility index (Phi) is 14.8. The van der Waals surface area contributed by atoms with Gasteiger partial charge in [-0.3, -0.25) is 0 Å². The number of hydrogen-bond donors (Lipinski definition) is 1. The minimum absolute atomic E-state index is 0.275. The van der Waals surface area contributed by atoms with Gasteiger partial charge in [0.25, 0.3) is 0 Å². The molecule has 1 heteroatoms. The third-order valence-corrected chi connectivity index (χ3v) is 5.27. The summed E-state index contributed by atoms with van der Waals surface area (Å²) in [7, 11) is 0. The van der Waals surface area contributed by atoms with Gasteiger partial charge in [-0.25, -0.2) is 0 Å². The van der Waals surface area contributed by atoms with Crippen LogP contribution in [-0.4, -0.2) is 5.11 Å². The van der Waals surface area contributed by atoms with E-state index in [4.69, 9.17) is 0 Å². The van der Waals surface area contributed by atoms with Crippen LogP contribution in [0.1, 0.15) is 121 Å². The molecule has 1 aromatic rings. The zero-order valence-electron chi connectivity index (χ0n) is 16.7. The van der Waals surface area contributed by atoms with Crippen molar-refractivity contribution in [1.82, 2.24) is 0 Å². The molecule has 0 saturated carbocycles. The first kappa shape index (κ1) is 22.2. The lowest BCUT2D eigenvalue weighted by atomic mass is 10.0. The number of unbranched alkanes of at least 4 members (excludes halogenated alkanes) is 14. The zero-order valence-corrected chi connectivity index (χ0v) is 16.7. The maximum Gasteiger partial charge on any atom is 0.0790 e. The summed E-state index contributed by atoms with van der Waals surface area (Å²) in [6.45, 7) is 2.29. The standard InChI is InChI=1S/C24H42O/c1-2-3-4-5-6-7-8-9-10-11-12-13-14-15-19-22-24(25)23-20-17-16-18-21-23/h16-18,20-21,24-25H,2-15,19,22H2,1H3/t24-/m1/s1. The van der Waals surface area contributed by atoms with Crippen LogP contribution in [0.2, 0.25) is 0 Å². The molecule has 1 N–H and O–H groups in total. The van der Waals surface area contributed by atoms with Gasteiger partial charge in [0.1, 0.15) is 0 Å². The predicted molar refractivity (Wildman–Crippen MR) is 111 cm³/mol. The van der Waals surface area contributed by atoms with Crippen molar-refractivity contribution in [3.8, 4) is 0 Å². The normalized spacial score (nSPS) is 12.4. The Morgan fingerprint density at radius 1 is 0.600 bits per heavy atom. The number of aliphatic hydroxyl groups is 1. The van der Waals surface area contributed by atoms with Crippen LogP contribution in [0.3, 0.4) is 0 Å². The molecule has 1 atom stereocenters. The van der Waals surface area contributed by atoms with E-state index in [1.165, 1.54) is 89.9 Å². The maximum absolute atomic E-state index is 10.1. The third-order valence-electron chi connectivity index (χ3n) is 5.27. The molecule has 0 radical (unpaired) electrons. The molecule has 0 bridgehead atoms. The number of aliphatic hydroxyl groups excluding tert-OH is 1. The Morgan fingerprint density at radius 2 is 1.00 bits per heavy atom. The first-order valence-corrected chi connectivity index (χ1v) is 11.1. The van der Waals surface area contributed by atoms with Gasteiger partial charge in [0.05, 0.1) is 6.10 Å². The summed E-state index contributed by atoms with van der Waals surface area (Å²) in [5.74, 6) is 0. The predicted octanol–water partition coefficient (Wildman–Crippen LogP) is 7.98. The van der Waals surface area contributed by atoms with Crippen LogP contribution in [0, 0.1) is 0 Å². The SMILES string of the molecule is CCCCCCCCCCCCCCCCC[C@@H](O)c1ccccc1. The van der Waals surface area contributed by atoms with E-state index in [0.29, 0.717) is 0 Å². The van der Waals surface area contributed by atoms with Crippen molar-refractivity contribution in [1.29, 1.82) is 0 Å². The Hall–Kier alpha value is -0.820. The first-order chi connectivity index (χ1) is 12.3. The molecule has 1 aromatic carbocycles. The fourth-order valence-electron chi connectivity index (χ4n) is 3.55. The van der Waals surface area contributed by atoms with Crippen LogP contribution in [0.25, 0.3) is 0 Å². The van der Waals surface area contributed by atoms with Gasteiger partial charge < -0.3 is 5.11 Å². The Morgan fingerprint density at radius 3 is 1.44 bits per heavy atom. The van der Waals surface area contributed by atoms with Gasteiger partial charge in [0.15, 0.2) is 0 Å². The molecule has 1 nitrogen and oxygen atoms in total. The maximum atomic E-state index is 10.1. The van der Waals surface area contributed by atoms with Gasteiger partial charge in [-0.1, -0.05) is 134 Å². The van der Waals surface area contributed by atoms with Crippen molar-refractivity contribution in [2.45, 2.75) is 116 Å². The van der Waals surface area contributed by atoms with E-state index >= 15 is 0 Å². The average Bonchev–Trinajstić information content (AvgIpc) is 2.65. The van der Waals surface area contributed by atoms with E-state index < -0.39 is 0 Å². The molecule has 0 saturated heterocycles. The molecule has 144 valence electrons. The molecule has 0 heterocycles. The largest absolute Gasteiger partial charge is 0.388 e. The van der Waals surface area contributed by atoms with Crippen LogP contribution < -0.4 is 0 Å². The molecule has 0 aromatic heterocycles. The molecular formula is C24H42O. The van der Waals surface area contributed by atoms with Gasteiger partial charge >= 0.3 is 0 Å². The average molecular weight is 347 g/mol. The summed E-state index contributed by atoms with van der Waals surface area (Å²) in [5, 5.41) is 10.1. The van der Waals surface area contributed by atoms with Crippen LogP contribution in [0.5, 0.6) is 0 Å². The fraction of sp³-hybridized carbons (Fsp3) is 0.750. The second kappa shape index (κ2) is 16.6. The minimum Gasteiger partial charge on any atom is -0.388 e. The first-order valence-electron chi connectivity index (χ1n) is 11.1. The summed E-state index contributed by atoms with van der Waals surface area (Å²) in [4.78, 5) is 0. The highest BCUT2D eigenvalue weighted by Gasteiger charge is 2.05. The summed E-state index contributed by atoms with van der Waals surface area (Å²) >= 11 is 0. The second-order valence-corrected chi connectivity index (χ2v) is 7.66. The van der Waals surface area contributed by atoms with E-state index in [1.54, 1.807) is 0 Å². The van der Waals surface area contributed by atoms with Crippen LogP contribution in [-0.2, 0) is 0 Å². The summed E-state index contributed by atoms with van der Waals surface area (Å²) < 4.78 is 0. The topological polar surface area (TPSA) is 20.2 Å². The van der Waals surface area contributed by atoms with Crippen molar-refractivity contribution in [3.05, 3.63) is 35.9 Å². The zero-order chi connectivity index (χ0) is 18.0. The van der Waals surface area contributed by atoms with Crippen molar-refractivity contribution in [2.75, 3.05) is 0 Å². The smallest absolute Gasteiger partial charge is 0.0790 e. The monoisotopic (exact) mass is 346 g/mol. The fourth-order valence-corrected chi connectivity index (χ4v) is 3.55. The quantitative estimate of drug-likeness (QED) is 0.283. The highest BCUT2D eigenvalue weighted by atomic mass is 16.3. The Labute approximate surface area is 157 Å². The highest BCUT2D eigenvalue weighted by molar-refractivity contribution is 5.16. The van der Waals surface area contributed by atoms with E-state index in [-0.39, 0.29) is 6.10 Å². The molecule has 0 aliphatic carbocycles. The van der Waals surface area contributed by atoms with E-state index in [9.17, 15) is 5.11 Å². The van der Waals surface area contributed by atoms with Gasteiger partial charge in [-0.2, -0.15) is 0 Å². The molecule has 0 spiro atoms. The number of hydrogen-bond acceptors (Lipinski definition) is 1. The third kappa shape index (κ3) is 13.1. The van der Waals surface area contributed by atoms with Crippen molar-refractivity contribution in [3.63, 3.8) is 0 Å². The molecule has 25 heavy (non-hydrogen) atoms. The molecule has 0 amide bonds. The lowest BCUT2D eigenvalue weighted by molar-refractivity contribution is 0.163. The van der Waals surface area contributed by atoms with Crippen molar-refractivity contribution < 1.29 is 5.11 Å². The van der Waals surface area contributed by atoms with Crippen LogP contribution >= 0.6 is 0 Å². The summed E-state index contributed by atoms with van der Waals surface area (Å²) in [6, 6.07) is 10.1. The van der Waals surface area contributed by atoms with Gasteiger partial charge in [0.2, 0.25) is 0 Å². The van der Waals surface area contributed by atoms with Crippen molar-refractivity contribution in [2.24, 2.45) is 0 Å². The number of rotatable bonds is 17. The van der Waals surface area contributed by atoms with Gasteiger partial charge in [0, 0.05) is 0 Å². The van der Waals surface area contributed by atoms with Crippen molar-refractivity contribution >= 4 is 0 Å². The van der Waals surface area contributed by atoms with E-state index in [2.05, 4.69) is 6.92 Å². The highest BCUT2D eigenvalue weighted by Crippen LogP contribution is 2.20. The Bertz CT molecular complexity index is 373. The second-order valence-electron chi connectivity index (χ2n) is 7.66. The van der Waals surface area contributed by atoms with Crippen LogP contribution in [0.4, 0.5) is 0 Å². The lowest BCUT2D eigenvalue weighted by Crippen LogP contribution is -1.96. The Balaban J connectivity index is 1.77.